The Balaban J connectivity index is 0.715. The molecule has 29 nitrogen and oxygen atoms in total. The lowest BCUT2D eigenvalue weighted by Gasteiger charge is -2.35. The molecular formula is C80H104Cl6N10O19S4. The van der Waals surface area contributed by atoms with Gasteiger partial charge in [0.05, 0.1) is 93.1 Å². The Kier molecular flexibility index (Phi) is 38.2. The zero-order valence-electron chi connectivity index (χ0n) is 66.5. The van der Waals surface area contributed by atoms with E-state index in [0.29, 0.717) is 69.4 Å². The van der Waals surface area contributed by atoms with E-state index < -0.39 is 75.9 Å². The molecule has 3 atom stereocenters. The number of sulfonamides is 3. The van der Waals surface area contributed by atoms with Gasteiger partial charge in [-0.15, -0.1) is 0 Å². The molecule has 0 aromatic heterocycles. The molecule has 0 aliphatic carbocycles. The van der Waals surface area contributed by atoms with Gasteiger partial charge in [0, 0.05) is 164 Å². The molecule has 119 heavy (non-hydrogen) atoms. The van der Waals surface area contributed by atoms with Crippen LogP contribution in [0.5, 0.6) is 0 Å². The van der Waals surface area contributed by atoms with Crippen molar-refractivity contribution in [2.24, 2.45) is 0 Å². The van der Waals surface area contributed by atoms with Crippen LogP contribution in [-0.4, -0.2) is 247 Å². The Bertz CT molecular complexity index is 4500. The molecular weight excluding hydrogens is 1750 g/mol. The van der Waals surface area contributed by atoms with E-state index in [4.69, 9.17) is 98.0 Å². The first-order valence-electron chi connectivity index (χ1n) is 39.0. The molecule has 4 amide bonds. The van der Waals surface area contributed by atoms with E-state index >= 15 is 0 Å². The average molecular weight is 1850 g/mol. The van der Waals surface area contributed by atoms with Crippen molar-refractivity contribution in [3.05, 3.63) is 189 Å². The summed E-state index contributed by atoms with van der Waals surface area (Å²) in [7, 11) is -10.4. The third-order valence-electron chi connectivity index (χ3n) is 20.4. The Morgan fingerprint density at radius 3 is 1.08 bits per heavy atom. The third-order valence-corrected chi connectivity index (χ3v) is 27.1. The number of Topliss-reactive ketones (excluding diaryl/α,β-unsaturated/α-hetero) is 1. The van der Waals surface area contributed by atoms with Crippen molar-refractivity contribution in [3.8, 4) is 0 Å². The van der Waals surface area contributed by atoms with E-state index in [1.807, 2.05) is 57.5 Å². The maximum absolute atomic E-state index is 13.7. The van der Waals surface area contributed by atoms with Gasteiger partial charge in [0.25, 0.3) is 10.1 Å². The number of ether oxygens (including phenoxy) is 6. The molecule has 9 rings (SSSR count). The summed E-state index contributed by atoms with van der Waals surface area (Å²) in [4.78, 5) is 61.0. The first-order chi connectivity index (χ1) is 56.7. The summed E-state index contributed by atoms with van der Waals surface area (Å²) in [6, 6.07) is 30.0. The van der Waals surface area contributed by atoms with Crippen molar-refractivity contribution in [1.29, 1.82) is 0 Å². The smallest absolute Gasteiger partial charge is 0.315 e. The Morgan fingerprint density at radius 2 is 0.739 bits per heavy atom. The van der Waals surface area contributed by atoms with E-state index in [1.165, 1.54) is 18.2 Å². The summed E-state index contributed by atoms with van der Waals surface area (Å²) in [5.41, 5.74) is 6.58. The first kappa shape index (κ1) is 97.0. The van der Waals surface area contributed by atoms with E-state index in [9.17, 15) is 57.4 Å². The van der Waals surface area contributed by atoms with Gasteiger partial charge in [0.1, 0.15) is 5.78 Å². The molecule has 39 heteroatoms. The van der Waals surface area contributed by atoms with Crippen molar-refractivity contribution in [2.45, 2.75) is 109 Å². The highest BCUT2D eigenvalue weighted by molar-refractivity contribution is 7.90. The number of carbonyl (C=O) groups is 4. The van der Waals surface area contributed by atoms with E-state index in [-0.39, 0.29) is 202 Å². The van der Waals surface area contributed by atoms with Crippen LogP contribution in [0.15, 0.2) is 124 Å². The molecule has 3 heterocycles. The second-order valence-corrected chi connectivity index (χ2v) is 38.9. The number of nitrogens with zero attached hydrogens (tertiary/aromatic N) is 3. The Labute approximate surface area is 727 Å². The topological polar surface area (TPSA) is 374 Å². The number of rotatable bonds is 50. The van der Waals surface area contributed by atoms with Gasteiger partial charge in [-0.2, -0.15) is 8.42 Å². The van der Waals surface area contributed by atoms with Crippen LogP contribution in [0, 0.1) is 0 Å². The number of hydrogen-bond donors (Lipinski definition) is 8. The number of ketones is 1. The highest BCUT2D eigenvalue weighted by atomic mass is 35.5. The molecule has 0 unspecified atom stereocenters. The second kappa shape index (κ2) is 46.8. The van der Waals surface area contributed by atoms with Crippen LogP contribution in [0.2, 0.25) is 30.1 Å². The average Bonchev–Trinajstić information content (AvgIpc) is 0.780. The summed E-state index contributed by atoms with van der Waals surface area (Å²) < 4.78 is 155. The van der Waals surface area contributed by atoms with Crippen molar-refractivity contribution < 1.29 is 85.8 Å². The number of benzene rings is 6. The summed E-state index contributed by atoms with van der Waals surface area (Å²) >= 11 is 38.9. The van der Waals surface area contributed by atoms with Gasteiger partial charge in [-0.1, -0.05) is 106 Å². The number of urea groups is 1. The molecule has 0 bridgehead atoms. The number of likely N-dealkylation sites (N-methyl/N-ethyl adjacent to an activating group) is 3. The molecule has 3 aliphatic rings. The minimum Gasteiger partial charge on any atom is -0.379 e. The van der Waals surface area contributed by atoms with Crippen LogP contribution in [0.1, 0.15) is 119 Å². The van der Waals surface area contributed by atoms with Gasteiger partial charge in [0.15, 0.2) is 0 Å². The summed E-state index contributed by atoms with van der Waals surface area (Å²) in [5, 5.41) is 13.9. The highest BCUT2D eigenvalue weighted by Gasteiger charge is 2.36. The molecule has 654 valence electrons. The molecule has 6 aromatic rings. The van der Waals surface area contributed by atoms with E-state index in [2.05, 4.69) is 50.1 Å². The number of nitrogens with one attached hydrogen (secondary N) is 7. The Morgan fingerprint density at radius 1 is 0.412 bits per heavy atom. The van der Waals surface area contributed by atoms with Gasteiger partial charge < -0.3 is 64.4 Å². The number of halogens is 6. The number of fused-ring (bicyclic) bond motifs is 3. The fourth-order valence-corrected chi connectivity index (χ4v) is 19.7. The van der Waals surface area contributed by atoms with Crippen LogP contribution in [0.3, 0.4) is 0 Å². The summed E-state index contributed by atoms with van der Waals surface area (Å²) in [6.07, 6.45) is -0.567. The summed E-state index contributed by atoms with van der Waals surface area (Å²) in [5.74, 6) is -2.53. The standard InChI is InChI=1S/C80H104Cl6N10O19S4/c1-94-49-68(65-43-58(81)46-74(84)71(65)52-94)55-8-4-12-62(40-55)117(104,105)90-23-30-113-34-33-110-27-7-11-61(97)15-18-80(93-79(100)89-26-39-116(101,102)103,19-16-77(98)87-21-28-111-35-37-114-31-24-91-118(106,107)63-13-5-9-56(41-63)69-50-95(2)53-72-66(69)44-59(82)47-75(72)85)20-17-78(99)88-22-29-112-36-38-115-32-25-92-119(108,109)64-14-6-10-57(42-64)70-51-96(3)54-73-67(70)45-60(83)48-76(73)86/h4-6,8-10,12-14,40-48,68-70,90-92H,7,11,15-39,49-54H2,1-3H3,(H,87,98)(H,88,99)(H2,89,93,100)(H,101,102,103)/t68-,69-,70-/m0/s1. The second-order valence-electron chi connectivity index (χ2n) is 29.5. The lowest BCUT2D eigenvalue weighted by atomic mass is 9.82. The SMILES string of the molecule is CN1Cc2c(Cl)cc(Cl)cc2[C@H](c2cccc(S(=O)(=O)NCCOCCOCCCC(=O)CCC(CCC(=O)NCCOCCOCCNS(=O)(=O)c3cccc([C@@H]4CN(C)Cc5c(Cl)cc(Cl)cc54)c3)(CCC(=O)NCCOCCOCCNS(=O)(=O)c3cccc([C@@H]4CN(C)Cc5c(Cl)cc(Cl)cc54)c3)NC(=O)NCCS(=O)(=O)O)c2)C1. The molecule has 0 radical (unpaired) electrons. The fraction of sp³-hybridized carbons (Fsp3) is 0.500. The molecule has 0 saturated carbocycles. The lowest BCUT2D eigenvalue weighted by molar-refractivity contribution is -0.121. The van der Waals surface area contributed by atoms with Crippen molar-refractivity contribution >= 4 is 133 Å². The van der Waals surface area contributed by atoms with Gasteiger partial charge in [0.2, 0.25) is 41.9 Å². The predicted molar refractivity (Wildman–Crippen MR) is 457 cm³/mol. The van der Waals surface area contributed by atoms with Crippen LogP contribution >= 0.6 is 69.6 Å². The van der Waals surface area contributed by atoms with Gasteiger partial charge in [-0.3, -0.25) is 18.9 Å². The molecule has 3 aliphatic heterocycles. The van der Waals surface area contributed by atoms with Gasteiger partial charge in [-0.05, 0) is 170 Å². The van der Waals surface area contributed by atoms with E-state index in [1.54, 1.807) is 54.6 Å². The quantitative estimate of drug-likeness (QED) is 0.0130. The number of hydrogen-bond acceptors (Lipinski definition) is 21. The maximum atomic E-state index is 13.7. The van der Waals surface area contributed by atoms with Crippen LogP contribution in [-0.2, 0) is 103 Å². The minimum absolute atomic E-state index is 0.0243. The Hall–Kier alpha value is -5.78. The van der Waals surface area contributed by atoms with E-state index in [0.717, 1.165) is 50.1 Å². The molecule has 0 fully saturated rings. The third kappa shape index (κ3) is 30.8. The maximum Gasteiger partial charge on any atom is 0.315 e. The predicted octanol–water partition coefficient (Wildman–Crippen LogP) is 9.52. The number of amides is 4. The normalized spacial score (nSPS) is 16.2. The monoisotopic (exact) mass is 1850 g/mol. The van der Waals surface area contributed by atoms with Crippen LogP contribution in [0.4, 0.5) is 4.79 Å². The van der Waals surface area contributed by atoms with Crippen LogP contribution < -0.4 is 35.4 Å². The fourth-order valence-electron chi connectivity index (χ4n) is 14.5. The summed E-state index contributed by atoms with van der Waals surface area (Å²) in [6.45, 7) is 4.22. The van der Waals surface area contributed by atoms with Crippen molar-refractivity contribution in [2.75, 3.05) is 165 Å². The lowest BCUT2D eigenvalue weighted by Crippen LogP contribution is -2.54. The van der Waals surface area contributed by atoms with Gasteiger partial charge >= 0.3 is 6.03 Å². The molecule has 6 aromatic carbocycles. The van der Waals surface area contributed by atoms with Crippen molar-refractivity contribution in [3.63, 3.8) is 0 Å². The molecule has 0 saturated heterocycles. The zero-order chi connectivity index (χ0) is 85.9. The van der Waals surface area contributed by atoms with Gasteiger partial charge in [-0.25, -0.2) is 44.2 Å². The molecule has 8 N–H and O–H groups in total. The molecule has 0 spiro atoms. The minimum atomic E-state index is -4.50. The van der Waals surface area contributed by atoms with Crippen LogP contribution in [0.25, 0.3) is 0 Å². The highest BCUT2D eigenvalue weighted by Crippen LogP contribution is 2.43. The first-order valence-corrected chi connectivity index (χ1v) is 47.3. The zero-order valence-corrected chi connectivity index (χ0v) is 74.3. The number of carbonyl (C=O) groups excluding carboxylic acids is 4. The largest absolute Gasteiger partial charge is 0.379 e. The van der Waals surface area contributed by atoms with Crippen molar-refractivity contribution in [1.82, 2.24) is 50.1 Å².